The Morgan fingerprint density at radius 1 is 1.12 bits per heavy atom. The first-order chi connectivity index (χ1) is 16.3. The quantitative estimate of drug-likeness (QED) is 0.478. The van der Waals surface area contributed by atoms with E-state index in [9.17, 15) is 13.2 Å². The van der Waals surface area contributed by atoms with Crippen LogP contribution in [0, 0.1) is 0 Å². The summed E-state index contributed by atoms with van der Waals surface area (Å²) in [6.45, 7) is 5.15. The van der Waals surface area contributed by atoms with Crippen molar-refractivity contribution in [1.82, 2.24) is 9.62 Å². The number of nitrogens with zero attached hydrogens (tertiary/aromatic N) is 2. The molecule has 1 aliphatic heterocycles. The number of amides is 1. The molecule has 9 heteroatoms. The van der Waals surface area contributed by atoms with Gasteiger partial charge in [-0.3, -0.25) is 4.79 Å². The van der Waals surface area contributed by atoms with Gasteiger partial charge < -0.3 is 15.7 Å². The van der Waals surface area contributed by atoms with Crippen LogP contribution in [0.15, 0.2) is 57.9 Å². The lowest BCUT2D eigenvalue weighted by molar-refractivity contribution is -0.127. The molecule has 0 aliphatic carbocycles. The Morgan fingerprint density at radius 2 is 1.82 bits per heavy atom. The Labute approximate surface area is 201 Å². The molecular weight excluding hydrogens is 452 g/mol. The van der Waals surface area contributed by atoms with Gasteiger partial charge >= 0.3 is 0 Å². The maximum absolute atomic E-state index is 13.1. The second-order valence-electron chi connectivity index (χ2n) is 8.16. The SMILES string of the molecule is CCCN(CCC)C(=O)C1=Cc2ccc(-c3cccc(S(=O)(=O)NCCO)c3)cc2N=C(N)C1. The molecule has 3 rings (SSSR count). The molecule has 2 aromatic rings. The lowest BCUT2D eigenvalue weighted by atomic mass is 10.0. The van der Waals surface area contributed by atoms with Crippen molar-refractivity contribution >= 4 is 33.5 Å². The number of carbonyl (C=O) groups excluding carboxylic acids is 1. The number of fused-ring (bicyclic) bond motifs is 1. The summed E-state index contributed by atoms with van der Waals surface area (Å²) < 4.78 is 27.2. The average molecular weight is 485 g/mol. The molecule has 0 aromatic heterocycles. The first-order valence-corrected chi connectivity index (χ1v) is 12.9. The van der Waals surface area contributed by atoms with E-state index >= 15 is 0 Å². The second kappa shape index (κ2) is 11.4. The molecule has 0 radical (unpaired) electrons. The summed E-state index contributed by atoms with van der Waals surface area (Å²) in [5, 5.41) is 8.92. The van der Waals surface area contributed by atoms with Crippen LogP contribution >= 0.6 is 0 Å². The highest BCUT2D eigenvalue weighted by Crippen LogP contribution is 2.32. The van der Waals surface area contributed by atoms with Crippen LogP contribution < -0.4 is 10.5 Å². The molecule has 34 heavy (non-hydrogen) atoms. The molecule has 0 unspecified atom stereocenters. The lowest BCUT2D eigenvalue weighted by Crippen LogP contribution is -2.34. The zero-order valence-corrected chi connectivity index (χ0v) is 20.4. The van der Waals surface area contributed by atoms with Crippen LogP contribution in [-0.2, 0) is 14.8 Å². The molecule has 1 aliphatic rings. The molecule has 1 amide bonds. The van der Waals surface area contributed by atoms with E-state index in [0.717, 1.165) is 24.0 Å². The van der Waals surface area contributed by atoms with Crippen LogP contribution in [0.1, 0.15) is 38.7 Å². The molecule has 1 heterocycles. The van der Waals surface area contributed by atoms with E-state index in [-0.39, 0.29) is 30.4 Å². The van der Waals surface area contributed by atoms with Crippen molar-refractivity contribution in [3.8, 4) is 11.1 Å². The van der Waals surface area contributed by atoms with Gasteiger partial charge in [0, 0.05) is 37.2 Å². The number of aliphatic imine (C=N–C) groups is 1. The van der Waals surface area contributed by atoms with Crippen LogP contribution in [0.25, 0.3) is 17.2 Å². The fourth-order valence-corrected chi connectivity index (χ4v) is 4.94. The Morgan fingerprint density at radius 3 is 2.50 bits per heavy atom. The maximum atomic E-state index is 13.1. The summed E-state index contributed by atoms with van der Waals surface area (Å²) in [6.07, 6.45) is 3.89. The zero-order chi connectivity index (χ0) is 24.7. The molecule has 0 saturated carbocycles. The van der Waals surface area contributed by atoms with Crippen LogP contribution in [0.2, 0.25) is 0 Å². The molecule has 8 nitrogen and oxygen atoms in total. The predicted octanol–water partition coefficient (Wildman–Crippen LogP) is 3.05. The lowest BCUT2D eigenvalue weighted by Gasteiger charge is -2.22. The number of rotatable bonds is 10. The van der Waals surface area contributed by atoms with Gasteiger partial charge in [-0.25, -0.2) is 18.1 Å². The summed E-state index contributed by atoms with van der Waals surface area (Å²) in [5.41, 5.74) is 9.67. The van der Waals surface area contributed by atoms with Crippen LogP contribution in [0.3, 0.4) is 0 Å². The number of aliphatic hydroxyl groups excluding tert-OH is 1. The standard InChI is InChI=1S/C25H32N4O4S/c1-3-11-29(12-4-2)25(31)21-14-20-9-8-19(16-23(20)28-24(26)17-21)18-6-5-7-22(15-18)34(32,33)27-10-13-30/h5-9,14-16,27,30H,3-4,10-13,17H2,1-2H3,(H2,26,28). The van der Waals surface area contributed by atoms with Crippen molar-refractivity contribution in [1.29, 1.82) is 0 Å². The van der Waals surface area contributed by atoms with Gasteiger partial charge in [-0.2, -0.15) is 0 Å². The minimum atomic E-state index is -3.73. The minimum Gasteiger partial charge on any atom is -0.395 e. The zero-order valence-electron chi connectivity index (χ0n) is 19.6. The van der Waals surface area contributed by atoms with Crippen LogP contribution in [0.5, 0.6) is 0 Å². The van der Waals surface area contributed by atoms with E-state index < -0.39 is 10.0 Å². The summed E-state index contributed by atoms with van der Waals surface area (Å²) >= 11 is 0. The number of nitrogens with one attached hydrogen (secondary N) is 1. The number of sulfonamides is 1. The summed E-state index contributed by atoms with van der Waals surface area (Å²) in [7, 11) is -3.73. The van der Waals surface area contributed by atoms with Gasteiger partial charge in [-0.15, -0.1) is 0 Å². The number of carbonyl (C=O) groups is 1. The molecule has 2 aromatic carbocycles. The Bertz CT molecular complexity index is 1200. The fourth-order valence-electron chi connectivity index (χ4n) is 3.87. The van der Waals surface area contributed by atoms with Gasteiger partial charge in [-0.05, 0) is 48.2 Å². The first kappa shape index (κ1) is 25.6. The normalized spacial score (nSPS) is 13.5. The fraction of sp³-hybridized carbons (Fsp3) is 0.360. The number of hydrogen-bond donors (Lipinski definition) is 3. The van der Waals surface area contributed by atoms with Crippen LogP contribution in [-0.4, -0.2) is 56.4 Å². The van der Waals surface area contributed by atoms with Gasteiger partial charge in [0.25, 0.3) is 0 Å². The van der Waals surface area contributed by atoms with Gasteiger partial charge in [-0.1, -0.05) is 38.1 Å². The summed E-state index contributed by atoms with van der Waals surface area (Å²) in [6, 6.07) is 12.1. The molecule has 0 fully saturated rings. The monoisotopic (exact) mass is 484 g/mol. The molecule has 0 bridgehead atoms. The third-order valence-corrected chi connectivity index (χ3v) is 6.89. The number of nitrogens with two attached hydrogens (primary N) is 1. The van der Waals surface area contributed by atoms with Crippen molar-refractivity contribution < 1.29 is 18.3 Å². The predicted molar refractivity (Wildman–Crippen MR) is 135 cm³/mol. The largest absolute Gasteiger partial charge is 0.395 e. The third kappa shape index (κ3) is 6.11. The first-order valence-electron chi connectivity index (χ1n) is 11.5. The highest BCUT2D eigenvalue weighted by atomic mass is 32.2. The van der Waals surface area contributed by atoms with E-state index in [2.05, 4.69) is 9.71 Å². The molecule has 0 atom stereocenters. The molecule has 0 spiro atoms. The highest BCUT2D eigenvalue weighted by molar-refractivity contribution is 7.89. The van der Waals surface area contributed by atoms with Crippen molar-refractivity contribution in [3.63, 3.8) is 0 Å². The number of benzene rings is 2. The second-order valence-corrected chi connectivity index (χ2v) is 9.93. The number of amidine groups is 1. The van der Waals surface area contributed by atoms with Crippen molar-refractivity contribution in [2.24, 2.45) is 10.7 Å². The molecular formula is C25H32N4O4S. The summed E-state index contributed by atoms with van der Waals surface area (Å²) in [5.74, 6) is 0.333. The Balaban J connectivity index is 1.96. The Kier molecular flexibility index (Phi) is 8.60. The average Bonchev–Trinajstić information content (AvgIpc) is 2.99. The molecule has 182 valence electrons. The Hall–Kier alpha value is -3.01. The van der Waals surface area contributed by atoms with E-state index in [1.807, 2.05) is 49.1 Å². The van der Waals surface area contributed by atoms with E-state index in [1.54, 1.807) is 12.1 Å². The van der Waals surface area contributed by atoms with E-state index in [1.165, 1.54) is 6.07 Å². The molecule has 4 N–H and O–H groups in total. The minimum absolute atomic E-state index is 0.0212. The maximum Gasteiger partial charge on any atom is 0.250 e. The van der Waals surface area contributed by atoms with Crippen molar-refractivity contribution in [2.75, 3.05) is 26.2 Å². The van der Waals surface area contributed by atoms with Gasteiger partial charge in [0.2, 0.25) is 15.9 Å². The van der Waals surface area contributed by atoms with E-state index in [4.69, 9.17) is 10.8 Å². The van der Waals surface area contributed by atoms with Gasteiger partial charge in [0.1, 0.15) is 5.84 Å². The topological polar surface area (TPSA) is 125 Å². The molecule has 0 saturated heterocycles. The van der Waals surface area contributed by atoms with Crippen LogP contribution in [0.4, 0.5) is 5.69 Å². The number of aliphatic hydroxyl groups is 1. The summed E-state index contributed by atoms with van der Waals surface area (Å²) in [4.78, 5) is 19.6. The van der Waals surface area contributed by atoms with Crippen molar-refractivity contribution in [2.45, 2.75) is 38.0 Å². The van der Waals surface area contributed by atoms with Gasteiger partial charge in [0.05, 0.1) is 17.2 Å². The smallest absolute Gasteiger partial charge is 0.250 e. The van der Waals surface area contributed by atoms with Gasteiger partial charge in [0.15, 0.2) is 0 Å². The van der Waals surface area contributed by atoms with Crippen molar-refractivity contribution in [3.05, 3.63) is 53.6 Å². The van der Waals surface area contributed by atoms with E-state index in [0.29, 0.717) is 35.7 Å². The third-order valence-electron chi connectivity index (χ3n) is 5.43. The number of hydrogen-bond acceptors (Lipinski definition) is 6. The highest BCUT2D eigenvalue weighted by Gasteiger charge is 2.21.